The van der Waals surface area contributed by atoms with E-state index in [0.717, 1.165) is 0 Å². The van der Waals surface area contributed by atoms with Gasteiger partial charge < -0.3 is 25.5 Å². The molecule has 0 amide bonds. The van der Waals surface area contributed by atoms with Crippen molar-refractivity contribution in [1.82, 2.24) is 0 Å². The number of aliphatic carboxylic acids is 2. The van der Waals surface area contributed by atoms with Gasteiger partial charge >= 0.3 is 23.7 Å². The summed E-state index contributed by atoms with van der Waals surface area (Å²) in [6.45, 7) is 0. The van der Waals surface area contributed by atoms with Crippen LogP contribution < -0.4 is 11.4 Å². The van der Waals surface area contributed by atoms with Gasteiger partial charge in [0, 0.05) is 17.5 Å². The number of carbonyl (C=O) groups is 2. The fourth-order valence-electron chi connectivity index (χ4n) is 1.71. The van der Waals surface area contributed by atoms with Crippen molar-refractivity contribution in [3.63, 3.8) is 0 Å². The van der Waals surface area contributed by atoms with Gasteiger partial charge in [0.25, 0.3) is 0 Å². The van der Waals surface area contributed by atoms with Crippen LogP contribution in [0.1, 0.15) is 5.56 Å². The van der Waals surface area contributed by atoms with Gasteiger partial charge in [-0.3, -0.25) is 4.79 Å². The molecular weight excluding hydrogens is 351 g/mol. The van der Waals surface area contributed by atoms with Crippen LogP contribution in [0, 0.1) is 0 Å². The molecule has 0 radical (unpaired) electrons. The van der Waals surface area contributed by atoms with Crippen LogP contribution >= 0.6 is 0 Å². The van der Waals surface area contributed by atoms with E-state index >= 15 is 0 Å². The number of carboxylic acids is 2. The Morgan fingerprint density at radius 3 is 2.24 bits per heavy atom. The summed E-state index contributed by atoms with van der Waals surface area (Å²) in [7, 11) is 0. The van der Waals surface area contributed by atoms with Gasteiger partial charge in [0.2, 0.25) is 0 Å². The van der Waals surface area contributed by atoms with Gasteiger partial charge in [-0.25, -0.2) is 9.59 Å². The molecule has 8 nitrogen and oxygen atoms in total. The van der Waals surface area contributed by atoms with Crippen molar-refractivity contribution in [2.24, 2.45) is 5.73 Å². The summed E-state index contributed by atoms with van der Waals surface area (Å²) in [6.07, 6.45) is -5.07. The molecule has 0 fully saturated rings. The average molecular weight is 363 g/mol. The van der Waals surface area contributed by atoms with Gasteiger partial charge in [0.05, 0.1) is 0 Å². The van der Waals surface area contributed by atoms with E-state index in [1.807, 2.05) is 0 Å². The molecule has 2 rings (SSSR count). The number of nitrogens with two attached hydrogens (primary N) is 1. The van der Waals surface area contributed by atoms with Crippen molar-refractivity contribution >= 4 is 22.9 Å². The van der Waals surface area contributed by atoms with Gasteiger partial charge in [-0.2, -0.15) is 13.2 Å². The summed E-state index contributed by atoms with van der Waals surface area (Å²) >= 11 is 0. The molecule has 0 saturated carbocycles. The average Bonchev–Trinajstić information content (AvgIpc) is 2.45. The lowest BCUT2D eigenvalue weighted by molar-refractivity contribution is -0.192. The molecule has 11 heteroatoms. The topological polar surface area (TPSA) is 151 Å². The van der Waals surface area contributed by atoms with Crippen molar-refractivity contribution in [3.8, 4) is 5.75 Å². The number of hydrogen-bond acceptors (Lipinski definition) is 6. The maximum atomic E-state index is 11.3. The van der Waals surface area contributed by atoms with Gasteiger partial charge in [-0.05, 0) is 24.1 Å². The third-order valence-electron chi connectivity index (χ3n) is 2.81. The van der Waals surface area contributed by atoms with Crippen LogP contribution in [-0.4, -0.2) is 39.5 Å². The van der Waals surface area contributed by atoms with Crippen molar-refractivity contribution in [1.29, 1.82) is 0 Å². The molecule has 1 atom stereocenters. The minimum absolute atomic E-state index is 0.0161. The number of aromatic hydroxyl groups is 1. The molecule has 25 heavy (non-hydrogen) atoms. The van der Waals surface area contributed by atoms with Gasteiger partial charge in [-0.15, -0.1) is 0 Å². The number of rotatable bonds is 3. The summed E-state index contributed by atoms with van der Waals surface area (Å²) in [6, 6.07) is 4.40. The summed E-state index contributed by atoms with van der Waals surface area (Å²) in [5.41, 5.74) is 5.51. The monoisotopic (exact) mass is 363 g/mol. The normalized spacial score (nSPS) is 12.2. The molecule has 0 saturated heterocycles. The maximum absolute atomic E-state index is 11.3. The summed E-state index contributed by atoms with van der Waals surface area (Å²) in [5.74, 6) is -3.94. The third-order valence-corrected chi connectivity index (χ3v) is 2.81. The minimum Gasteiger partial charge on any atom is -0.508 e. The second-order valence-corrected chi connectivity index (χ2v) is 4.72. The largest absolute Gasteiger partial charge is 0.508 e. The minimum atomic E-state index is -5.08. The highest BCUT2D eigenvalue weighted by Crippen LogP contribution is 2.22. The van der Waals surface area contributed by atoms with E-state index in [9.17, 15) is 27.9 Å². The lowest BCUT2D eigenvalue weighted by Crippen LogP contribution is -2.32. The van der Waals surface area contributed by atoms with Crippen LogP contribution in [0.5, 0.6) is 5.75 Å². The van der Waals surface area contributed by atoms with Gasteiger partial charge in [0.15, 0.2) is 0 Å². The quantitative estimate of drug-likeness (QED) is 0.592. The number of phenols is 1. The Hall–Kier alpha value is -3.08. The SMILES string of the molecule is NC(Cc1cc(=O)oc2cc(O)ccc12)C(=O)O.O=C(O)C(F)(F)F. The highest BCUT2D eigenvalue weighted by atomic mass is 19.4. The van der Waals surface area contributed by atoms with Crippen LogP contribution in [0.15, 0.2) is 33.5 Å². The third kappa shape index (κ3) is 5.80. The molecule has 1 aromatic carbocycles. The molecule has 1 unspecified atom stereocenters. The van der Waals surface area contributed by atoms with Crippen LogP contribution in [0.4, 0.5) is 13.2 Å². The standard InChI is InChI=1S/C12H11NO5.C2HF3O2/c13-9(12(16)17)3-6-4-11(15)18-10-5-7(14)1-2-8(6)10;3-2(4,5)1(6)7/h1-2,4-5,9,14H,3,13H2,(H,16,17);(H,6,7). The molecule has 0 aliphatic heterocycles. The highest BCUT2D eigenvalue weighted by Gasteiger charge is 2.38. The maximum Gasteiger partial charge on any atom is 0.490 e. The van der Waals surface area contributed by atoms with E-state index in [-0.39, 0.29) is 17.8 Å². The van der Waals surface area contributed by atoms with Crippen LogP contribution in [0.25, 0.3) is 11.0 Å². The number of hydrogen-bond donors (Lipinski definition) is 4. The molecule has 0 aliphatic rings. The Balaban J connectivity index is 0.000000381. The smallest absolute Gasteiger partial charge is 0.490 e. The first-order chi connectivity index (χ1) is 11.4. The van der Waals surface area contributed by atoms with E-state index < -0.39 is 29.8 Å². The number of benzene rings is 1. The lowest BCUT2D eigenvalue weighted by Gasteiger charge is -2.08. The summed E-state index contributed by atoms with van der Waals surface area (Å²) in [5, 5.41) is 25.7. The van der Waals surface area contributed by atoms with Crippen LogP contribution in [0.3, 0.4) is 0 Å². The van der Waals surface area contributed by atoms with E-state index in [0.29, 0.717) is 10.9 Å². The van der Waals surface area contributed by atoms with Crippen molar-refractivity contribution in [3.05, 3.63) is 40.2 Å². The molecule has 5 N–H and O–H groups in total. The number of halogens is 3. The Morgan fingerprint density at radius 1 is 1.20 bits per heavy atom. The fraction of sp³-hybridized carbons (Fsp3) is 0.214. The number of carboxylic acid groups (broad SMARTS) is 2. The Labute approximate surface area is 136 Å². The van der Waals surface area contributed by atoms with E-state index in [2.05, 4.69) is 0 Å². The van der Waals surface area contributed by atoms with E-state index in [4.69, 9.17) is 25.2 Å². The van der Waals surface area contributed by atoms with Crippen molar-refractivity contribution in [2.45, 2.75) is 18.6 Å². The molecule has 0 aliphatic carbocycles. The molecular formula is C14H12F3NO7. The molecule has 1 aromatic heterocycles. The predicted octanol–water partition coefficient (Wildman–Crippen LogP) is 1.09. The Morgan fingerprint density at radius 2 is 1.76 bits per heavy atom. The predicted molar refractivity (Wildman–Crippen MR) is 77.2 cm³/mol. The lowest BCUT2D eigenvalue weighted by atomic mass is 10.0. The molecule has 0 bridgehead atoms. The molecule has 1 heterocycles. The fourth-order valence-corrected chi connectivity index (χ4v) is 1.71. The zero-order valence-electron chi connectivity index (χ0n) is 12.3. The highest BCUT2D eigenvalue weighted by molar-refractivity contribution is 5.82. The first-order valence-electron chi connectivity index (χ1n) is 6.46. The molecule has 0 spiro atoms. The van der Waals surface area contributed by atoms with Gasteiger partial charge in [0.1, 0.15) is 17.4 Å². The van der Waals surface area contributed by atoms with Gasteiger partial charge in [-0.1, -0.05) is 0 Å². The zero-order valence-corrected chi connectivity index (χ0v) is 12.3. The molecule has 2 aromatic rings. The van der Waals surface area contributed by atoms with Crippen molar-refractivity contribution in [2.75, 3.05) is 0 Å². The first-order valence-corrected chi connectivity index (χ1v) is 6.46. The number of fused-ring (bicyclic) bond motifs is 1. The van der Waals surface area contributed by atoms with Crippen LogP contribution in [0.2, 0.25) is 0 Å². The second kappa shape index (κ2) is 7.66. The number of alkyl halides is 3. The summed E-state index contributed by atoms with van der Waals surface area (Å²) in [4.78, 5) is 30.9. The first kappa shape index (κ1) is 20.0. The summed E-state index contributed by atoms with van der Waals surface area (Å²) < 4.78 is 36.7. The number of phenolic OH excluding ortho intramolecular Hbond substituents is 1. The van der Waals surface area contributed by atoms with Crippen molar-refractivity contribution < 1.29 is 42.5 Å². The second-order valence-electron chi connectivity index (χ2n) is 4.72. The Kier molecular flexibility index (Phi) is 6.12. The zero-order chi connectivity index (χ0) is 19.4. The van der Waals surface area contributed by atoms with E-state index in [1.54, 1.807) is 6.07 Å². The van der Waals surface area contributed by atoms with E-state index in [1.165, 1.54) is 18.2 Å². The molecule has 136 valence electrons. The Bertz CT molecular complexity index is 844. The van der Waals surface area contributed by atoms with Crippen LogP contribution in [-0.2, 0) is 16.0 Å².